The molecule has 1 aliphatic heterocycles. The first-order valence-corrected chi connectivity index (χ1v) is 8.81. The van der Waals surface area contributed by atoms with E-state index in [1.165, 1.54) is 36.8 Å². The number of rotatable bonds is 4. The van der Waals surface area contributed by atoms with Crippen LogP contribution in [0.3, 0.4) is 0 Å². The standard InChI is InChI=1S/C19H24N4O/c1-24-17-7-6-15-12-23(9-8-14(15)10-17)19-11-18(20-13-21-19)22-16-4-2-3-5-16/h6-7,10-11,13,16H,2-5,8-9,12H2,1H3,(H,20,21,22). The fraction of sp³-hybridized carbons (Fsp3) is 0.474. The van der Waals surface area contributed by atoms with Gasteiger partial charge in [0.2, 0.25) is 0 Å². The van der Waals surface area contributed by atoms with E-state index >= 15 is 0 Å². The molecule has 1 N–H and O–H groups in total. The van der Waals surface area contributed by atoms with E-state index < -0.39 is 0 Å². The minimum Gasteiger partial charge on any atom is -0.497 e. The molecule has 1 aliphatic carbocycles. The third-order valence-corrected chi connectivity index (χ3v) is 5.11. The van der Waals surface area contributed by atoms with E-state index in [0.717, 1.165) is 36.9 Å². The first kappa shape index (κ1) is 15.2. The molecule has 5 nitrogen and oxygen atoms in total. The summed E-state index contributed by atoms with van der Waals surface area (Å²) >= 11 is 0. The molecule has 1 saturated carbocycles. The number of anilines is 2. The van der Waals surface area contributed by atoms with Crippen LogP contribution in [0.15, 0.2) is 30.6 Å². The smallest absolute Gasteiger partial charge is 0.134 e. The van der Waals surface area contributed by atoms with E-state index in [4.69, 9.17) is 4.74 Å². The molecule has 0 spiro atoms. The lowest BCUT2D eigenvalue weighted by Gasteiger charge is -2.30. The third-order valence-electron chi connectivity index (χ3n) is 5.11. The number of hydrogen-bond acceptors (Lipinski definition) is 5. The summed E-state index contributed by atoms with van der Waals surface area (Å²) < 4.78 is 5.33. The highest BCUT2D eigenvalue weighted by atomic mass is 16.5. The van der Waals surface area contributed by atoms with Gasteiger partial charge in [-0.05, 0) is 42.5 Å². The molecular formula is C19H24N4O. The Bertz CT molecular complexity index is 712. The maximum atomic E-state index is 5.33. The van der Waals surface area contributed by atoms with Crippen LogP contribution in [0.2, 0.25) is 0 Å². The lowest BCUT2D eigenvalue weighted by molar-refractivity contribution is 0.413. The van der Waals surface area contributed by atoms with Crippen molar-refractivity contribution in [3.05, 3.63) is 41.7 Å². The minimum atomic E-state index is 0.572. The van der Waals surface area contributed by atoms with Crippen LogP contribution in [-0.4, -0.2) is 29.7 Å². The van der Waals surface area contributed by atoms with Gasteiger partial charge >= 0.3 is 0 Å². The number of ether oxygens (including phenoxy) is 1. The molecule has 126 valence electrons. The average molecular weight is 324 g/mol. The molecule has 2 heterocycles. The highest BCUT2D eigenvalue weighted by Gasteiger charge is 2.19. The van der Waals surface area contributed by atoms with E-state index in [9.17, 15) is 0 Å². The Morgan fingerprint density at radius 1 is 1.12 bits per heavy atom. The molecule has 0 atom stereocenters. The number of nitrogens with zero attached hydrogens (tertiary/aromatic N) is 3. The molecule has 0 unspecified atom stereocenters. The molecule has 1 fully saturated rings. The quantitative estimate of drug-likeness (QED) is 0.934. The highest BCUT2D eigenvalue weighted by molar-refractivity contribution is 5.51. The largest absolute Gasteiger partial charge is 0.497 e. The second-order valence-corrected chi connectivity index (χ2v) is 6.69. The maximum Gasteiger partial charge on any atom is 0.134 e. The van der Waals surface area contributed by atoms with Crippen LogP contribution in [-0.2, 0) is 13.0 Å². The van der Waals surface area contributed by atoms with Crippen LogP contribution in [0.1, 0.15) is 36.8 Å². The van der Waals surface area contributed by atoms with Crippen LogP contribution < -0.4 is 15.0 Å². The van der Waals surface area contributed by atoms with E-state index in [-0.39, 0.29) is 0 Å². The number of nitrogens with one attached hydrogen (secondary N) is 1. The van der Waals surface area contributed by atoms with Gasteiger partial charge in [0.25, 0.3) is 0 Å². The number of fused-ring (bicyclic) bond motifs is 1. The summed E-state index contributed by atoms with van der Waals surface area (Å²) in [6, 6.07) is 9.02. The fourth-order valence-electron chi connectivity index (χ4n) is 3.73. The van der Waals surface area contributed by atoms with Gasteiger partial charge in [0.15, 0.2) is 0 Å². The van der Waals surface area contributed by atoms with E-state index in [1.807, 2.05) is 6.07 Å². The Morgan fingerprint density at radius 2 is 2.00 bits per heavy atom. The van der Waals surface area contributed by atoms with E-state index in [0.29, 0.717) is 6.04 Å². The van der Waals surface area contributed by atoms with Crippen LogP contribution in [0.25, 0.3) is 0 Å². The van der Waals surface area contributed by atoms with E-state index in [1.54, 1.807) is 13.4 Å². The van der Waals surface area contributed by atoms with Crippen molar-refractivity contribution in [2.45, 2.75) is 44.7 Å². The summed E-state index contributed by atoms with van der Waals surface area (Å²) in [6.07, 6.45) is 7.83. The molecule has 0 saturated heterocycles. The molecule has 1 aromatic carbocycles. The second kappa shape index (κ2) is 6.67. The van der Waals surface area contributed by atoms with Gasteiger partial charge in [0.1, 0.15) is 23.7 Å². The van der Waals surface area contributed by atoms with Crippen molar-refractivity contribution < 1.29 is 4.74 Å². The Morgan fingerprint density at radius 3 is 2.83 bits per heavy atom. The zero-order valence-corrected chi connectivity index (χ0v) is 14.2. The van der Waals surface area contributed by atoms with Crippen molar-refractivity contribution >= 4 is 11.6 Å². The van der Waals surface area contributed by atoms with Gasteiger partial charge < -0.3 is 15.0 Å². The first-order chi connectivity index (χ1) is 11.8. The zero-order chi connectivity index (χ0) is 16.4. The van der Waals surface area contributed by atoms with Gasteiger partial charge in [0.05, 0.1) is 7.11 Å². The van der Waals surface area contributed by atoms with Crippen molar-refractivity contribution in [3.8, 4) is 5.75 Å². The molecule has 4 rings (SSSR count). The lowest BCUT2D eigenvalue weighted by Crippen LogP contribution is -2.31. The minimum absolute atomic E-state index is 0.572. The van der Waals surface area contributed by atoms with Crippen molar-refractivity contribution in [1.29, 1.82) is 0 Å². The maximum absolute atomic E-state index is 5.33. The van der Waals surface area contributed by atoms with Crippen molar-refractivity contribution in [2.24, 2.45) is 0 Å². The van der Waals surface area contributed by atoms with E-state index in [2.05, 4.69) is 38.4 Å². The first-order valence-electron chi connectivity index (χ1n) is 8.81. The molecular weight excluding hydrogens is 300 g/mol. The molecule has 0 bridgehead atoms. The summed E-state index contributed by atoms with van der Waals surface area (Å²) in [5, 5.41) is 3.56. The Hall–Kier alpha value is -2.30. The van der Waals surface area contributed by atoms with Crippen molar-refractivity contribution in [3.63, 3.8) is 0 Å². The fourth-order valence-corrected chi connectivity index (χ4v) is 3.73. The normalized spacial score (nSPS) is 17.6. The Kier molecular flexibility index (Phi) is 4.24. The summed E-state index contributed by atoms with van der Waals surface area (Å²) in [6.45, 7) is 1.86. The van der Waals surface area contributed by atoms with Gasteiger partial charge in [-0.3, -0.25) is 0 Å². The highest BCUT2D eigenvalue weighted by Crippen LogP contribution is 2.27. The molecule has 24 heavy (non-hydrogen) atoms. The van der Waals surface area contributed by atoms with Crippen LogP contribution >= 0.6 is 0 Å². The lowest BCUT2D eigenvalue weighted by atomic mass is 9.99. The topological polar surface area (TPSA) is 50.3 Å². The Balaban J connectivity index is 1.49. The van der Waals surface area contributed by atoms with Gasteiger partial charge in [0, 0.05) is 25.2 Å². The summed E-state index contributed by atoms with van der Waals surface area (Å²) in [7, 11) is 1.72. The molecule has 0 amide bonds. The predicted molar refractivity (Wildman–Crippen MR) is 95.7 cm³/mol. The summed E-state index contributed by atoms with van der Waals surface area (Å²) in [5.74, 6) is 2.90. The van der Waals surface area contributed by atoms with Crippen LogP contribution in [0.5, 0.6) is 5.75 Å². The Labute approximate surface area is 143 Å². The van der Waals surface area contributed by atoms with Gasteiger partial charge in [-0.2, -0.15) is 0 Å². The van der Waals surface area contributed by atoms with Crippen molar-refractivity contribution in [2.75, 3.05) is 23.9 Å². The van der Waals surface area contributed by atoms with Crippen molar-refractivity contribution in [1.82, 2.24) is 9.97 Å². The molecule has 2 aromatic rings. The van der Waals surface area contributed by atoms with Crippen LogP contribution in [0, 0.1) is 0 Å². The molecule has 0 radical (unpaired) electrons. The average Bonchev–Trinajstić information content (AvgIpc) is 3.14. The second-order valence-electron chi connectivity index (χ2n) is 6.69. The number of methoxy groups -OCH3 is 1. The predicted octanol–water partition coefficient (Wildman–Crippen LogP) is 3.40. The summed E-state index contributed by atoms with van der Waals surface area (Å²) in [5.41, 5.74) is 2.73. The monoisotopic (exact) mass is 324 g/mol. The van der Waals surface area contributed by atoms with Gasteiger partial charge in [-0.1, -0.05) is 18.9 Å². The zero-order valence-electron chi connectivity index (χ0n) is 14.2. The number of benzene rings is 1. The number of aromatic nitrogens is 2. The van der Waals surface area contributed by atoms with Gasteiger partial charge in [-0.25, -0.2) is 9.97 Å². The SMILES string of the molecule is COc1ccc2c(c1)CCN(c1cc(NC3CCCC3)ncn1)C2. The third kappa shape index (κ3) is 3.16. The molecule has 2 aliphatic rings. The number of hydrogen-bond donors (Lipinski definition) is 1. The molecule has 5 heteroatoms. The van der Waals surface area contributed by atoms with Gasteiger partial charge in [-0.15, -0.1) is 0 Å². The van der Waals surface area contributed by atoms with Crippen LogP contribution in [0.4, 0.5) is 11.6 Å². The molecule has 1 aromatic heterocycles. The summed E-state index contributed by atoms with van der Waals surface area (Å²) in [4.78, 5) is 11.2.